The summed E-state index contributed by atoms with van der Waals surface area (Å²) in [7, 11) is 0.746. The molecule has 0 radical (unpaired) electrons. The second-order valence-electron chi connectivity index (χ2n) is 8.07. The van der Waals surface area contributed by atoms with Gasteiger partial charge in [0, 0.05) is 18.7 Å². The largest absolute Gasteiger partial charge is 0.573 e. The minimum atomic E-state index is -4.86. The van der Waals surface area contributed by atoms with Crippen molar-refractivity contribution in [2.24, 2.45) is 0 Å². The summed E-state index contributed by atoms with van der Waals surface area (Å²) in [5.74, 6) is -0.829. The Labute approximate surface area is 156 Å². The fraction of sp³-hybridized carbons (Fsp3) is 0.611. The Bertz CT molecular complexity index is 731. The Balaban J connectivity index is 1.96. The molecule has 1 aromatic rings. The molecule has 2 fully saturated rings. The van der Waals surface area contributed by atoms with Gasteiger partial charge < -0.3 is 18.9 Å². The first-order valence-electron chi connectivity index (χ1n) is 8.83. The van der Waals surface area contributed by atoms with E-state index in [9.17, 15) is 18.0 Å². The second-order valence-corrected chi connectivity index (χ2v) is 8.07. The molecular formula is C18H23BF3NO4. The number of carbonyl (C=O) groups excluding carboxylic acids is 1. The molecular weight excluding hydrogens is 362 g/mol. The third-order valence-electron chi connectivity index (χ3n) is 5.35. The van der Waals surface area contributed by atoms with Gasteiger partial charge in [-0.1, -0.05) is 0 Å². The van der Waals surface area contributed by atoms with Gasteiger partial charge in [0.25, 0.3) is 5.91 Å². The molecule has 1 amide bonds. The van der Waals surface area contributed by atoms with Crippen molar-refractivity contribution in [3.8, 4) is 5.75 Å². The van der Waals surface area contributed by atoms with E-state index in [-0.39, 0.29) is 17.5 Å². The summed E-state index contributed by atoms with van der Waals surface area (Å²) in [6, 6.07) is 3.93. The van der Waals surface area contributed by atoms with Crippen molar-refractivity contribution in [2.45, 2.75) is 64.1 Å². The van der Waals surface area contributed by atoms with Crippen LogP contribution in [0.3, 0.4) is 0 Å². The molecule has 9 heteroatoms. The van der Waals surface area contributed by atoms with Crippen LogP contribution in [0, 0.1) is 0 Å². The van der Waals surface area contributed by atoms with Crippen LogP contribution in [0.4, 0.5) is 13.2 Å². The smallest absolute Gasteiger partial charge is 0.406 e. The second kappa shape index (κ2) is 6.41. The molecule has 148 valence electrons. The number of nitrogens with zero attached hydrogens (tertiary/aromatic N) is 1. The van der Waals surface area contributed by atoms with Crippen LogP contribution < -0.4 is 10.2 Å². The van der Waals surface area contributed by atoms with Crippen LogP contribution in [-0.4, -0.2) is 48.6 Å². The van der Waals surface area contributed by atoms with Gasteiger partial charge in [-0.05, 0) is 64.2 Å². The Morgan fingerprint density at radius 2 is 1.70 bits per heavy atom. The normalized spacial score (nSPS) is 21.3. The maximum Gasteiger partial charge on any atom is 0.573 e. The molecule has 1 heterocycles. The molecule has 27 heavy (non-hydrogen) atoms. The number of amides is 1. The Morgan fingerprint density at radius 1 is 1.15 bits per heavy atom. The van der Waals surface area contributed by atoms with Gasteiger partial charge in [-0.2, -0.15) is 0 Å². The van der Waals surface area contributed by atoms with E-state index >= 15 is 0 Å². The summed E-state index contributed by atoms with van der Waals surface area (Å²) in [6.07, 6.45) is -3.08. The van der Waals surface area contributed by atoms with Gasteiger partial charge in [0.15, 0.2) is 0 Å². The summed E-state index contributed by atoms with van der Waals surface area (Å²) in [4.78, 5) is 14.2. The van der Waals surface area contributed by atoms with Gasteiger partial charge in [-0.25, -0.2) is 0 Å². The van der Waals surface area contributed by atoms with Crippen molar-refractivity contribution in [1.82, 2.24) is 4.90 Å². The van der Waals surface area contributed by atoms with Gasteiger partial charge in [0.1, 0.15) is 5.75 Å². The zero-order chi connectivity index (χ0) is 20.2. The third kappa shape index (κ3) is 4.24. The van der Waals surface area contributed by atoms with Crippen molar-refractivity contribution in [3.05, 3.63) is 23.8 Å². The lowest BCUT2D eigenvalue weighted by Gasteiger charge is -2.32. The standard InChI is InChI=1S/C18H23BF3NO4/c1-16(2)17(3,4)27-19(26-16)12-8-11(15(24)23(5)13-6-7-13)9-14(10-12)25-18(20,21)22/h8-10,13H,6-7H2,1-5H3. The summed E-state index contributed by atoms with van der Waals surface area (Å²) in [6.45, 7) is 7.37. The molecule has 0 atom stereocenters. The summed E-state index contributed by atoms with van der Waals surface area (Å²) < 4.78 is 54.1. The van der Waals surface area contributed by atoms with E-state index in [1.807, 2.05) is 27.7 Å². The van der Waals surface area contributed by atoms with Crippen molar-refractivity contribution >= 4 is 18.5 Å². The van der Waals surface area contributed by atoms with Gasteiger partial charge in [0.2, 0.25) is 0 Å². The summed E-state index contributed by atoms with van der Waals surface area (Å²) in [5, 5.41) is 0. The van der Waals surface area contributed by atoms with Gasteiger partial charge in [-0.15, -0.1) is 13.2 Å². The topological polar surface area (TPSA) is 48.0 Å². The van der Waals surface area contributed by atoms with E-state index < -0.39 is 30.4 Å². The van der Waals surface area contributed by atoms with Crippen LogP contribution in [0.1, 0.15) is 50.9 Å². The lowest BCUT2D eigenvalue weighted by molar-refractivity contribution is -0.274. The Kier molecular flexibility index (Phi) is 4.75. The van der Waals surface area contributed by atoms with E-state index in [1.165, 1.54) is 12.1 Å². The number of ether oxygens (including phenoxy) is 1. The molecule has 1 aliphatic carbocycles. The van der Waals surface area contributed by atoms with Crippen LogP contribution in [-0.2, 0) is 9.31 Å². The van der Waals surface area contributed by atoms with E-state index in [4.69, 9.17) is 9.31 Å². The molecule has 3 rings (SSSR count). The number of hydrogen-bond donors (Lipinski definition) is 0. The van der Waals surface area contributed by atoms with E-state index in [0.717, 1.165) is 18.9 Å². The first-order chi connectivity index (χ1) is 12.3. The van der Waals surface area contributed by atoms with Crippen LogP contribution in [0.5, 0.6) is 5.75 Å². The van der Waals surface area contributed by atoms with Crippen molar-refractivity contribution < 1.29 is 32.0 Å². The van der Waals surface area contributed by atoms with Crippen molar-refractivity contribution in [3.63, 3.8) is 0 Å². The molecule has 1 saturated carbocycles. The van der Waals surface area contributed by atoms with Gasteiger partial charge in [-0.3, -0.25) is 4.79 Å². The van der Waals surface area contributed by atoms with Crippen LogP contribution in [0.2, 0.25) is 0 Å². The van der Waals surface area contributed by atoms with Crippen LogP contribution in [0.25, 0.3) is 0 Å². The molecule has 2 aliphatic rings. The molecule has 0 spiro atoms. The molecule has 1 saturated heterocycles. The molecule has 0 N–H and O–H groups in total. The molecule has 0 bridgehead atoms. The average molecular weight is 385 g/mol. The fourth-order valence-electron chi connectivity index (χ4n) is 2.88. The zero-order valence-corrected chi connectivity index (χ0v) is 16.0. The number of benzene rings is 1. The Morgan fingerprint density at radius 3 is 2.19 bits per heavy atom. The highest BCUT2D eigenvalue weighted by molar-refractivity contribution is 6.62. The number of alkyl halides is 3. The minimum absolute atomic E-state index is 0.107. The Hall–Kier alpha value is -1.74. The highest BCUT2D eigenvalue weighted by Crippen LogP contribution is 2.37. The molecule has 1 aliphatic heterocycles. The lowest BCUT2D eigenvalue weighted by atomic mass is 9.78. The number of hydrogen-bond acceptors (Lipinski definition) is 4. The van der Waals surface area contributed by atoms with E-state index in [0.29, 0.717) is 5.46 Å². The third-order valence-corrected chi connectivity index (χ3v) is 5.35. The lowest BCUT2D eigenvalue weighted by Crippen LogP contribution is -2.41. The quantitative estimate of drug-likeness (QED) is 0.748. The highest BCUT2D eigenvalue weighted by Gasteiger charge is 2.52. The van der Waals surface area contributed by atoms with Crippen molar-refractivity contribution in [1.29, 1.82) is 0 Å². The van der Waals surface area contributed by atoms with Gasteiger partial charge >= 0.3 is 13.5 Å². The first-order valence-corrected chi connectivity index (χ1v) is 8.83. The predicted molar refractivity (Wildman–Crippen MR) is 94.0 cm³/mol. The van der Waals surface area contributed by atoms with Crippen LogP contribution >= 0.6 is 0 Å². The number of rotatable bonds is 4. The number of carbonyl (C=O) groups is 1. The fourth-order valence-corrected chi connectivity index (χ4v) is 2.88. The monoisotopic (exact) mass is 385 g/mol. The molecule has 0 unspecified atom stereocenters. The van der Waals surface area contributed by atoms with Crippen molar-refractivity contribution in [2.75, 3.05) is 7.05 Å². The highest BCUT2D eigenvalue weighted by atomic mass is 19.4. The predicted octanol–water partition coefficient (Wildman–Crippen LogP) is 3.12. The zero-order valence-electron chi connectivity index (χ0n) is 16.0. The first kappa shape index (κ1) is 20.0. The molecule has 1 aromatic carbocycles. The molecule has 5 nitrogen and oxygen atoms in total. The minimum Gasteiger partial charge on any atom is -0.406 e. The summed E-state index contributed by atoms with van der Waals surface area (Å²) >= 11 is 0. The average Bonchev–Trinajstić information content (AvgIpc) is 3.31. The molecule has 0 aromatic heterocycles. The maximum absolute atomic E-state index is 12.7. The van der Waals surface area contributed by atoms with Gasteiger partial charge in [0.05, 0.1) is 11.2 Å². The summed E-state index contributed by atoms with van der Waals surface area (Å²) in [5.41, 5.74) is -0.903. The SMILES string of the molecule is CN(C(=O)c1cc(OC(F)(F)F)cc(B2OC(C)(C)C(C)(C)O2)c1)C1CC1. The maximum atomic E-state index is 12.7. The van der Waals surface area contributed by atoms with E-state index in [2.05, 4.69) is 4.74 Å². The number of halogens is 3. The van der Waals surface area contributed by atoms with E-state index in [1.54, 1.807) is 11.9 Å². The van der Waals surface area contributed by atoms with Crippen LogP contribution in [0.15, 0.2) is 18.2 Å².